The fourth-order valence-corrected chi connectivity index (χ4v) is 3.49. The largest absolute Gasteiger partial charge is 0.397 e. The van der Waals surface area contributed by atoms with Gasteiger partial charge < -0.3 is 11.1 Å². The summed E-state index contributed by atoms with van der Waals surface area (Å²) in [4.78, 5) is 38.7. The van der Waals surface area contributed by atoms with Crippen LogP contribution in [0.15, 0.2) is 54.6 Å². The molecule has 0 bridgehead atoms. The number of carbonyl (C=O) groups excluding carboxylic acids is 3. The van der Waals surface area contributed by atoms with Gasteiger partial charge in [0.1, 0.15) is 0 Å². The molecule has 0 aromatic heterocycles. The molecular formula is C22H15ClN2O3. The summed E-state index contributed by atoms with van der Waals surface area (Å²) in [6.45, 7) is 1.92. The summed E-state index contributed by atoms with van der Waals surface area (Å²) in [5.74, 6) is -1.19. The Morgan fingerprint density at radius 2 is 1.50 bits per heavy atom. The third-order valence-corrected chi connectivity index (χ3v) is 5.06. The van der Waals surface area contributed by atoms with E-state index in [1.54, 1.807) is 36.4 Å². The third-order valence-electron chi connectivity index (χ3n) is 4.75. The predicted octanol–water partition coefficient (Wildman–Crippen LogP) is 4.26. The van der Waals surface area contributed by atoms with Gasteiger partial charge >= 0.3 is 0 Å². The number of amides is 1. The van der Waals surface area contributed by atoms with E-state index in [0.717, 1.165) is 5.56 Å². The molecule has 3 aromatic rings. The minimum absolute atomic E-state index is 0.0235. The lowest BCUT2D eigenvalue weighted by atomic mass is 9.82. The van der Waals surface area contributed by atoms with Crippen LogP contribution in [0.5, 0.6) is 0 Å². The molecule has 138 valence electrons. The van der Waals surface area contributed by atoms with E-state index >= 15 is 0 Å². The zero-order valence-corrected chi connectivity index (χ0v) is 15.6. The monoisotopic (exact) mass is 390 g/mol. The fraction of sp³-hybridized carbons (Fsp3) is 0.0455. The van der Waals surface area contributed by atoms with E-state index in [4.69, 9.17) is 17.3 Å². The topological polar surface area (TPSA) is 89.3 Å². The van der Waals surface area contributed by atoms with Crippen LogP contribution in [0.4, 0.5) is 11.4 Å². The average Bonchev–Trinajstić information content (AvgIpc) is 2.69. The second-order valence-corrected chi connectivity index (χ2v) is 7.00. The molecule has 0 unspecified atom stereocenters. The van der Waals surface area contributed by atoms with Crippen molar-refractivity contribution in [2.45, 2.75) is 6.92 Å². The molecule has 0 saturated carbocycles. The number of rotatable bonds is 2. The maximum atomic E-state index is 13.1. The molecule has 0 fully saturated rings. The SMILES string of the molecule is Cc1ccc(C(=O)Nc2cc(Cl)c(N)c3c2C(=O)c2ccccc2C3=O)cc1. The van der Waals surface area contributed by atoms with Gasteiger partial charge in [0.05, 0.1) is 27.5 Å². The third kappa shape index (κ3) is 2.77. The second kappa shape index (κ2) is 6.62. The van der Waals surface area contributed by atoms with Crippen LogP contribution < -0.4 is 11.1 Å². The summed E-state index contributed by atoms with van der Waals surface area (Å²) in [6.07, 6.45) is 0. The van der Waals surface area contributed by atoms with Gasteiger partial charge in [-0.3, -0.25) is 14.4 Å². The van der Waals surface area contributed by atoms with Gasteiger partial charge in [0.15, 0.2) is 11.6 Å². The highest BCUT2D eigenvalue weighted by atomic mass is 35.5. The van der Waals surface area contributed by atoms with Crippen LogP contribution in [-0.2, 0) is 0 Å². The van der Waals surface area contributed by atoms with Crippen LogP contribution in [0, 0.1) is 6.92 Å². The Labute approximate surface area is 166 Å². The number of nitrogens with one attached hydrogen (secondary N) is 1. The van der Waals surface area contributed by atoms with Gasteiger partial charge in [-0.25, -0.2) is 0 Å². The normalized spacial score (nSPS) is 12.4. The summed E-state index contributed by atoms with van der Waals surface area (Å²) in [5.41, 5.74) is 8.27. The highest BCUT2D eigenvalue weighted by Crippen LogP contribution is 2.39. The molecule has 0 spiro atoms. The molecule has 5 nitrogen and oxygen atoms in total. The van der Waals surface area contributed by atoms with Crippen molar-refractivity contribution >= 4 is 40.4 Å². The molecule has 4 rings (SSSR count). The molecule has 3 N–H and O–H groups in total. The Bertz CT molecular complexity index is 1170. The van der Waals surface area contributed by atoms with Gasteiger partial charge in [-0.05, 0) is 25.1 Å². The Balaban J connectivity index is 1.85. The van der Waals surface area contributed by atoms with Crippen molar-refractivity contribution in [1.82, 2.24) is 0 Å². The number of anilines is 2. The average molecular weight is 391 g/mol. The number of nitrogens with two attached hydrogens (primary N) is 1. The van der Waals surface area contributed by atoms with Crippen LogP contribution in [0.1, 0.15) is 47.8 Å². The number of hydrogen-bond donors (Lipinski definition) is 2. The first-order valence-corrected chi connectivity index (χ1v) is 8.94. The van der Waals surface area contributed by atoms with Crippen molar-refractivity contribution in [3.05, 3.63) is 93.0 Å². The van der Waals surface area contributed by atoms with E-state index in [2.05, 4.69) is 5.32 Å². The van der Waals surface area contributed by atoms with Crippen molar-refractivity contribution in [3.63, 3.8) is 0 Å². The lowest BCUT2D eigenvalue weighted by molar-refractivity contribution is 0.0979. The number of ketones is 2. The lowest BCUT2D eigenvalue weighted by Gasteiger charge is -2.22. The lowest BCUT2D eigenvalue weighted by Crippen LogP contribution is -2.25. The molecule has 3 aromatic carbocycles. The number of benzene rings is 3. The van der Waals surface area contributed by atoms with E-state index in [0.29, 0.717) is 5.56 Å². The van der Waals surface area contributed by atoms with Gasteiger partial charge in [-0.1, -0.05) is 53.6 Å². The Morgan fingerprint density at radius 1 is 0.929 bits per heavy atom. The molecule has 1 aliphatic carbocycles. The van der Waals surface area contributed by atoms with Crippen LogP contribution in [-0.4, -0.2) is 17.5 Å². The van der Waals surface area contributed by atoms with Gasteiger partial charge in [0.2, 0.25) is 0 Å². The minimum atomic E-state index is -0.415. The van der Waals surface area contributed by atoms with Crippen molar-refractivity contribution in [3.8, 4) is 0 Å². The number of carbonyl (C=O) groups is 3. The number of hydrogen-bond acceptors (Lipinski definition) is 4. The molecule has 0 saturated heterocycles. The standard InChI is InChI=1S/C22H15ClN2O3/c1-11-6-8-12(9-7-11)22(28)25-16-10-15(23)19(24)18-17(16)20(26)13-4-2-3-5-14(13)21(18)27/h2-10H,24H2,1H3,(H,25,28). The first-order valence-electron chi connectivity index (χ1n) is 8.57. The molecule has 0 radical (unpaired) electrons. The van der Waals surface area contributed by atoms with Crippen molar-refractivity contribution in [1.29, 1.82) is 0 Å². The van der Waals surface area contributed by atoms with E-state index in [1.165, 1.54) is 6.07 Å². The maximum Gasteiger partial charge on any atom is 0.255 e. The second-order valence-electron chi connectivity index (χ2n) is 6.59. The van der Waals surface area contributed by atoms with E-state index in [-0.39, 0.29) is 44.4 Å². The zero-order valence-electron chi connectivity index (χ0n) is 14.9. The Kier molecular flexibility index (Phi) is 4.24. The molecule has 6 heteroatoms. The summed E-state index contributed by atoms with van der Waals surface area (Å²) in [6, 6.07) is 14.9. The zero-order chi connectivity index (χ0) is 20.0. The molecule has 1 amide bonds. The van der Waals surface area contributed by atoms with Crippen LogP contribution in [0.2, 0.25) is 5.02 Å². The van der Waals surface area contributed by atoms with Crippen molar-refractivity contribution in [2.24, 2.45) is 0 Å². The van der Waals surface area contributed by atoms with Crippen LogP contribution >= 0.6 is 11.6 Å². The quantitative estimate of drug-likeness (QED) is 0.500. The van der Waals surface area contributed by atoms with Crippen LogP contribution in [0.3, 0.4) is 0 Å². The fourth-order valence-electron chi connectivity index (χ4n) is 3.28. The number of halogens is 1. The van der Waals surface area contributed by atoms with Gasteiger partial charge in [0, 0.05) is 16.7 Å². The number of fused-ring (bicyclic) bond motifs is 2. The molecule has 0 aliphatic heterocycles. The molecule has 28 heavy (non-hydrogen) atoms. The van der Waals surface area contributed by atoms with Gasteiger partial charge in [-0.15, -0.1) is 0 Å². The Morgan fingerprint density at radius 3 is 2.11 bits per heavy atom. The van der Waals surface area contributed by atoms with E-state index in [9.17, 15) is 14.4 Å². The van der Waals surface area contributed by atoms with Crippen LogP contribution in [0.25, 0.3) is 0 Å². The molecule has 0 atom stereocenters. The van der Waals surface area contributed by atoms with Crippen molar-refractivity contribution in [2.75, 3.05) is 11.1 Å². The van der Waals surface area contributed by atoms with Gasteiger partial charge in [-0.2, -0.15) is 0 Å². The summed E-state index contributed by atoms with van der Waals surface area (Å²) in [7, 11) is 0. The summed E-state index contributed by atoms with van der Waals surface area (Å²) >= 11 is 6.20. The summed E-state index contributed by atoms with van der Waals surface area (Å²) in [5, 5.41) is 2.80. The first kappa shape index (κ1) is 17.9. The highest BCUT2D eigenvalue weighted by Gasteiger charge is 2.34. The molecular weight excluding hydrogens is 376 g/mol. The van der Waals surface area contributed by atoms with E-state index < -0.39 is 11.7 Å². The minimum Gasteiger partial charge on any atom is -0.397 e. The first-order chi connectivity index (χ1) is 13.4. The van der Waals surface area contributed by atoms with E-state index in [1.807, 2.05) is 19.1 Å². The maximum absolute atomic E-state index is 13.1. The Hall–Kier alpha value is -3.44. The van der Waals surface area contributed by atoms with Gasteiger partial charge in [0.25, 0.3) is 5.91 Å². The smallest absolute Gasteiger partial charge is 0.255 e. The summed E-state index contributed by atoms with van der Waals surface area (Å²) < 4.78 is 0. The van der Waals surface area contributed by atoms with Crippen molar-refractivity contribution < 1.29 is 14.4 Å². The molecule has 0 heterocycles. The molecule has 1 aliphatic rings. The number of nitrogen functional groups attached to an aromatic ring is 1. The number of aryl methyl sites for hydroxylation is 1. The predicted molar refractivity (Wildman–Crippen MR) is 108 cm³/mol. The highest BCUT2D eigenvalue weighted by molar-refractivity contribution is 6.38.